The van der Waals surface area contributed by atoms with Crippen LogP contribution in [0.1, 0.15) is 135 Å². The molecule has 4 aliphatic rings. The molecule has 2 aromatic carbocycles. The van der Waals surface area contributed by atoms with Gasteiger partial charge in [0.15, 0.2) is 10.1 Å². The molecule has 20 heteroatoms. The Balaban J connectivity index is 0.000000182. The van der Waals surface area contributed by atoms with Crippen molar-refractivity contribution in [3.8, 4) is 12.0 Å². The van der Waals surface area contributed by atoms with E-state index in [1.165, 1.54) is 82.0 Å². The van der Waals surface area contributed by atoms with E-state index in [0.717, 1.165) is 86.8 Å². The summed E-state index contributed by atoms with van der Waals surface area (Å²) >= 11 is 0. The highest BCUT2D eigenvalue weighted by molar-refractivity contribution is 7.90. The number of carbonyl (C=O) groups is 3. The first-order valence-electron chi connectivity index (χ1n) is 22.4. The molecule has 4 N–H and O–H groups in total. The van der Waals surface area contributed by atoms with Crippen LogP contribution in [0.4, 0.5) is 10.5 Å². The van der Waals surface area contributed by atoms with Gasteiger partial charge in [0.2, 0.25) is 11.8 Å². The second-order valence-electron chi connectivity index (χ2n) is 18.0. The lowest BCUT2D eigenvalue weighted by Crippen LogP contribution is -2.35. The largest absolute Gasteiger partial charge is 0.387 e. The number of urea groups is 1. The first kappa shape index (κ1) is 49.6. The zero-order valence-electron chi connectivity index (χ0n) is 39.2. The Morgan fingerprint density at radius 2 is 1.09 bits per heavy atom. The standard InChI is InChI=1S/C23H31N5O4S.C13H13NO.C10H18N4O3S/c1-14(2)28-18(13-27(4)15(3)29)12-21(25-28)33(31,32)26-23(30)24-22-19-9-5-7-16(19)11-17-8-6-10-20(17)22;14-8-15-13-11-5-1-3-9(11)7-10-4-2-6-12(10)13;1-7(2)14-9(6-13(4)8(3)15)5-10(12-14)18(11,16)17/h11-12,14H,5-10,13H2,1-4H3,(H2,24,26,30);7H,1-6H2;5,7H,6H2,1-4H3,(H2,11,16,17). The average molecular weight is 947 g/mol. The van der Waals surface area contributed by atoms with Crippen molar-refractivity contribution >= 4 is 43.6 Å². The number of nitrogens with two attached hydrogens (primary N) is 1. The third-order valence-corrected chi connectivity index (χ3v) is 14.5. The molecule has 4 aliphatic carbocycles. The van der Waals surface area contributed by atoms with E-state index in [4.69, 9.17) is 15.1 Å². The number of nitriles is 1. The molecule has 356 valence electrons. The van der Waals surface area contributed by atoms with E-state index in [2.05, 4.69) is 32.4 Å². The first-order chi connectivity index (χ1) is 31.1. The molecule has 0 fully saturated rings. The van der Waals surface area contributed by atoms with Crippen molar-refractivity contribution in [3.63, 3.8) is 0 Å². The Morgan fingerprint density at radius 1 is 0.697 bits per heavy atom. The predicted molar refractivity (Wildman–Crippen MR) is 247 cm³/mol. The number of amides is 4. The number of aromatic nitrogens is 4. The number of carbonyl (C=O) groups excluding carboxylic acids is 3. The monoisotopic (exact) mass is 946 g/mol. The van der Waals surface area contributed by atoms with Gasteiger partial charge in [-0.05, 0) is 149 Å². The van der Waals surface area contributed by atoms with Crippen molar-refractivity contribution in [2.45, 2.75) is 154 Å². The molecule has 66 heavy (non-hydrogen) atoms. The summed E-state index contributed by atoms with van der Waals surface area (Å²) in [5.74, 6) is 0.653. The minimum absolute atomic E-state index is 0.0177. The molecule has 0 unspecified atom stereocenters. The Hall–Kier alpha value is -5.78. The van der Waals surface area contributed by atoms with Gasteiger partial charge in [0.25, 0.3) is 26.3 Å². The van der Waals surface area contributed by atoms with E-state index in [-0.39, 0.29) is 47.0 Å². The van der Waals surface area contributed by atoms with Crippen molar-refractivity contribution < 1.29 is 36.0 Å². The van der Waals surface area contributed by atoms with Crippen molar-refractivity contribution in [1.82, 2.24) is 34.1 Å². The maximum atomic E-state index is 13.0. The number of fused-ring (bicyclic) bond motifs is 4. The highest BCUT2D eigenvalue weighted by atomic mass is 32.2. The van der Waals surface area contributed by atoms with E-state index >= 15 is 0 Å². The highest BCUT2D eigenvalue weighted by Crippen LogP contribution is 2.41. The highest BCUT2D eigenvalue weighted by Gasteiger charge is 2.29. The van der Waals surface area contributed by atoms with Gasteiger partial charge in [0.05, 0.1) is 24.5 Å². The summed E-state index contributed by atoms with van der Waals surface area (Å²) in [6.45, 7) is 10.9. The second kappa shape index (κ2) is 20.4. The minimum atomic E-state index is -4.20. The fourth-order valence-electron chi connectivity index (χ4n) is 9.14. The molecule has 0 aliphatic heterocycles. The maximum Gasteiger partial charge on any atom is 0.333 e. The molecule has 8 rings (SSSR count). The van der Waals surface area contributed by atoms with Crippen molar-refractivity contribution in [2.24, 2.45) is 5.14 Å². The van der Waals surface area contributed by atoms with Crippen LogP contribution in [0, 0.1) is 11.5 Å². The van der Waals surface area contributed by atoms with Gasteiger partial charge in [-0.2, -0.15) is 18.6 Å². The maximum absolute atomic E-state index is 13.0. The number of hydrogen-bond acceptors (Lipinski definition) is 11. The molecule has 0 saturated heterocycles. The molecular weight excluding hydrogens is 885 g/mol. The Morgan fingerprint density at radius 3 is 1.48 bits per heavy atom. The number of aryl methyl sites for hydroxylation is 4. The molecule has 0 spiro atoms. The van der Waals surface area contributed by atoms with Gasteiger partial charge >= 0.3 is 6.03 Å². The lowest BCUT2D eigenvalue weighted by Gasteiger charge is -2.17. The predicted octanol–water partition coefficient (Wildman–Crippen LogP) is 5.54. The molecule has 2 aromatic heterocycles. The number of nitrogens with one attached hydrogen (secondary N) is 2. The summed E-state index contributed by atoms with van der Waals surface area (Å²) in [6, 6.07) is 6.48. The minimum Gasteiger partial charge on any atom is -0.387 e. The molecule has 0 saturated carbocycles. The normalized spacial score (nSPS) is 14.5. The molecule has 4 aromatic rings. The van der Waals surface area contributed by atoms with E-state index in [1.54, 1.807) is 23.5 Å². The number of sulfonamides is 2. The Bertz CT molecular complexity index is 2720. The fourth-order valence-corrected chi connectivity index (χ4v) is 10.5. The van der Waals surface area contributed by atoms with Crippen LogP contribution in [0.5, 0.6) is 5.75 Å². The van der Waals surface area contributed by atoms with Crippen LogP contribution in [0.2, 0.25) is 0 Å². The summed E-state index contributed by atoms with van der Waals surface area (Å²) in [7, 11) is -4.75. The zero-order valence-corrected chi connectivity index (χ0v) is 40.8. The van der Waals surface area contributed by atoms with Crippen LogP contribution < -0.4 is 19.9 Å². The number of ether oxygens (including phenoxy) is 1. The number of nitrogens with zero attached hydrogens (tertiary/aromatic N) is 7. The summed E-state index contributed by atoms with van der Waals surface area (Å²) in [5.41, 5.74) is 12.2. The van der Waals surface area contributed by atoms with Gasteiger partial charge in [-0.25, -0.2) is 23.1 Å². The lowest BCUT2D eigenvalue weighted by atomic mass is 9.99. The number of primary sulfonamides is 1. The SMILES string of the molecule is CC(=O)N(C)Cc1cc(S(=O)(=O)NC(=O)Nc2c3c(cc4c2CCC4)CCC3)nn1C(C)C.CC(=O)N(C)Cc1cc(S(N)(=O)=O)nn1C(C)C.N#COc1c2c(cc3c1CCC3)CCC2. The van der Waals surface area contributed by atoms with Gasteiger partial charge in [0.1, 0.15) is 5.75 Å². The van der Waals surface area contributed by atoms with Crippen molar-refractivity contribution in [2.75, 3.05) is 19.4 Å². The molecule has 0 atom stereocenters. The van der Waals surface area contributed by atoms with Crippen molar-refractivity contribution in [1.29, 1.82) is 5.26 Å². The average Bonchev–Trinajstić information content (AvgIpc) is 4.09. The van der Waals surface area contributed by atoms with Gasteiger partial charge in [-0.3, -0.25) is 19.0 Å². The topological polar surface area (TPSA) is 245 Å². The fraction of sp³-hybridized carbons (Fsp3) is 0.522. The van der Waals surface area contributed by atoms with Crippen LogP contribution in [0.25, 0.3) is 0 Å². The smallest absolute Gasteiger partial charge is 0.333 e. The van der Waals surface area contributed by atoms with Gasteiger partial charge < -0.3 is 19.9 Å². The third kappa shape index (κ3) is 11.2. The molecule has 2 heterocycles. The number of rotatable bonds is 11. The number of benzene rings is 2. The van der Waals surface area contributed by atoms with Crippen LogP contribution in [-0.4, -0.2) is 78.1 Å². The lowest BCUT2D eigenvalue weighted by molar-refractivity contribution is -0.128. The number of anilines is 1. The molecular formula is C46H62N10O8S2. The Kier molecular flexibility index (Phi) is 15.3. The van der Waals surface area contributed by atoms with E-state index in [1.807, 2.05) is 34.0 Å². The zero-order chi connectivity index (χ0) is 48.2. The van der Waals surface area contributed by atoms with Crippen LogP contribution in [0.3, 0.4) is 0 Å². The van der Waals surface area contributed by atoms with Crippen LogP contribution in [0.15, 0.2) is 34.3 Å². The Labute approximate surface area is 387 Å². The van der Waals surface area contributed by atoms with E-state index in [0.29, 0.717) is 11.4 Å². The first-order valence-corrected chi connectivity index (χ1v) is 25.5. The van der Waals surface area contributed by atoms with Gasteiger partial charge in [0, 0.05) is 57.8 Å². The third-order valence-electron chi connectivity index (χ3n) is 12.5. The van der Waals surface area contributed by atoms with Crippen LogP contribution >= 0.6 is 0 Å². The van der Waals surface area contributed by atoms with Gasteiger partial charge in [-0.1, -0.05) is 12.1 Å². The second-order valence-corrected chi connectivity index (χ2v) is 21.1. The summed E-state index contributed by atoms with van der Waals surface area (Å²) in [5, 5.41) is 24.3. The molecule has 18 nitrogen and oxygen atoms in total. The van der Waals surface area contributed by atoms with Crippen molar-refractivity contribution in [3.05, 3.63) is 80.2 Å². The summed E-state index contributed by atoms with van der Waals surface area (Å²) in [4.78, 5) is 38.6. The van der Waals surface area contributed by atoms with Gasteiger partial charge in [-0.15, -0.1) is 5.26 Å². The molecule has 0 radical (unpaired) electrons. The van der Waals surface area contributed by atoms with Crippen LogP contribution in [-0.2, 0) is 94.1 Å². The van der Waals surface area contributed by atoms with E-state index in [9.17, 15) is 31.2 Å². The quantitative estimate of drug-likeness (QED) is 0.158. The number of hydrogen-bond donors (Lipinski definition) is 3. The summed E-state index contributed by atoms with van der Waals surface area (Å²) in [6.07, 6.45) is 14.6. The molecule has 4 amide bonds. The van der Waals surface area contributed by atoms with E-state index < -0.39 is 26.1 Å². The molecule has 0 bridgehead atoms. The summed E-state index contributed by atoms with van der Waals surface area (Å²) < 4.78 is 58.9.